The monoisotopic (exact) mass is 298 g/mol. The summed E-state index contributed by atoms with van der Waals surface area (Å²) < 4.78 is 0.484. The van der Waals surface area contributed by atoms with Gasteiger partial charge in [-0.15, -0.1) is 0 Å². The topological polar surface area (TPSA) is 78.4 Å². The van der Waals surface area contributed by atoms with Crippen molar-refractivity contribution < 1.29 is 14.7 Å². The molecule has 1 fully saturated rings. The van der Waals surface area contributed by atoms with Crippen LogP contribution in [-0.4, -0.2) is 23.1 Å². The van der Waals surface area contributed by atoms with Gasteiger partial charge in [0.15, 0.2) is 0 Å². The zero-order chi connectivity index (χ0) is 12.4. The molecule has 0 radical (unpaired) electrons. The fraction of sp³-hybridized carbons (Fsp3) is 0.273. The molecule has 1 aromatic carbocycles. The molecule has 5 nitrogen and oxygen atoms in total. The van der Waals surface area contributed by atoms with Gasteiger partial charge in [0.05, 0.1) is 5.56 Å². The third-order valence-electron chi connectivity index (χ3n) is 2.37. The van der Waals surface area contributed by atoms with Gasteiger partial charge in [0.2, 0.25) is 0 Å². The maximum Gasteiger partial charge on any atom is 0.336 e. The number of carboxylic acid groups (broad SMARTS) is 1. The van der Waals surface area contributed by atoms with Crippen molar-refractivity contribution in [2.45, 2.75) is 18.9 Å². The Morgan fingerprint density at radius 3 is 2.65 bits per heavy atom. The molecule has 2 rings (SSSR count). The second-order valence-corrected chi connectivity index (χ2v) is 4.73. The number of carbonyl (C=O) groups excluding carboxylic acids is 1. The van der Waals surface area contributed by atoms with Gasteiger partial charge in [-0.3, -0.25) is 0 Å². The standard InChI is InChI=1S/C11H11BrN2O3/c12-9-4-3-7(5-8(9)10(15)16)14-11(17)13-6-1-2-6/h3-6H,1-2H2,(H,15,16)(H2,13,14,17). The quantitative estimate of drug-likeness (QED) is 0.802. The van der Waals surface area contributed by atoms with Crippen molar-refractivity contribution in [2.75, 3.05) is 5.32 Å². The molecule has 2 amide bonds. The van der Waals surface area contributed by atoms with Crippen LogP contribution in [0.3, 0.4) is 0 Å². The van der Waals surface area contributed by atoms with Gasteiger partial charge < -0.3 is 15.7 Å². The van der Waals surface area contributed by atoms with Crippen LogP contribution in [0.15, 0.2) is 22.7 Å². The van der Waals surface area contributed by atoms with Gasteiger partial charge in [-0.2, -0.15) is 0 Å². The first-order valence-corrected chi connectivity index (χ1v) is 5.96. The molecule has 6 heteroatoms. The van der Waals surface area contributed by atoms with Crippen molar-refractivity contribution in [3.63, 3.8) is 0 Å². The first-order chi connectivity index (χ1) is 8.06. The second-order valence-electron chi connectivity index (χ2n) is 3.87. The van der Waals surface area contributed by atoms with Crippen LogP contribution in [-0.2, 0) is 0 Å². The van der Waals surface area contributed by atoms with Crippen LogP contribution >= 0.6 is 15.9 Å². The van der Waals surface area contributed by atoms with Crippen LogP contribution in [0, 0.1) is 0 Å². The predicted molar refractivity (Wildman–Crippen MR) is 66.3 cm³/mol. The number of anilines is 1. The van der Waals surface area contributed by atoms with E-state index in [-0.39, 0.29) is 17.6 Å². The minimum atomic E-state index is -1.04. The van der Waals surface area contributed by atoms with Gasteiger partial charge in [-0.1, -0.05) is 0 Å². The first-order valence-electron chi connectivity index (χ1n) is 5.16. The lowest BCUT2D eigenvalue weighted by molar-refractivity contribution is 0.0696. The molecule has 1 aromatic rings. The van der Waals surface area contributed by atoms with E-state index in [0.29, 0.717) is 10.2 Å². The Kier molecular flexibility index (Phi) is 3.33. The van der Waals surface area contributed by atoms with Gasteiger partial charge in [0.1, 0.15) is 0 Å². The molecule has 0 aromatic heterocycles. The molecular weight excluding hydrogens is 288 g/mol. The van der Waals surface area contributed by atoms with Crippen LogP contribution in [0.25, 0.3) is 0 Å². The average Bonchev–Trinajstić information content (AvgIpc) is 3.04. The van der Waals surface area contributed by atoms with Gasteiger partial charge in [-0.25, -0.2) is 9.59 Å². The summed E-state index contributed by atoms with van der Waals surface area (Å²) >= 11 is 3.14. The van der Waals surface area contributed by atoms with E-state index in [2.05, 4.69) is 26.6 Å². The summed E-state index contributed by atoms with van der Waals surface area (Å²) in [6.07, 6.45) is 2.02. The van der Waals surface area contributed by atoms with Crippen molar-refractivity contribution in [3.8, 4) is 0 Å². The minimum Gasteiger partial charge on any atom is -0.478 e. The summed E-state index contributed by atoms with van der Waals surface area (Å²) in [5.74, 6) is -1.04. The number of hydrogen-bond donors (Lipinski definition) is 3. The Morgan fingerprint density at radius 1 is 1.35 bits per heavy atom. The van der Waals surface area contributed by atoms with Crippen LogP contribution in [0.4, 0.5) is 10.5 Å². The number of hydrogen-bond acceptors (Lipinski definition) is 2. The number of halogens is 1. The third-order valence-corrected chi connectivity index (χ3v) is 3.06. The summed E-state index contributed by atoms with van der Waals surface area (Å²) in [6.45, 7) is 0. The minimum absolute atomic E-state index is 0.120. The summed E-state index contributed by atoms with van der Waals surface area (Å²) in [4.78, 5) is 22.3. The number of nitrogens with one attached hydrogen (secondary N) is 2. The van der Waals surface area contributed by atoms with E-state index in [0.717, 1.165) is 12.8 Å². The number of rotatable bonds is 3. The zero-order valence-corrected chi connectivity index (χ0v) is 10.5. The molecule has 0 atom stereocenters. The van der Waals surface area contributed by atoms with Crippen molar-refractivity contribution in [1.82, 2.24) is 5.32 Å². The number of benzene rings is 1. The molecule has 0 spiro atoms. The smallest absolute Gasteiger partial charge is 0.336 e. The lowest BCUT2D eigenvalue weighted by atomic mass is 10.2. The summed E-state index contributed by atoms with van der Waals surface area (Å²) in [7, 11) is 0. The molecule has 1 saturated carbocycles. The van der Waals surface area contributed by atoms with Crippen molar-refractivity contribution in [1.29, 1.82) is 0 Å². The van der Waals surface area contributed by atoms with Crippen LogP contribution in [0.2, 0.25) is 0 Å². The van der Waals surface area contributed by atoms with Crippen molar-refractivity contribution in [3.05, 3.63) is 28.2 Å². The molecule has 1 aliphatic rings. The number of urea groups is 1. The second kappa shape index (κ2) is 4.75. The van der Waals surface area contributed by atoms with Crippen LogP contribution in [0.1, 0.15) is 23.2 Å². The van der Waals surface area contributed by atoms with Gasteiger partial charge in [0.25, 0.3) is 0 Å². The summed E-state index contributed by atoms with van der Waals surface area (Å²) in [6, 6.07) is 4.62. The number of carbonyl (C=O) groups is 2. The third kappa shape index (κ3) is 3.20. The van der Waals surface area contributed by atoms with E-state index in [1.807, 2.05) is 0 Å². The highest BCUT2D eigenvalue weighted by Gasteiger charge is 2.23. The Hall–Kier alpha value is -1.56. The highest BCUT2D eigenvalue weighted by molar-refractivity contribution is 9.10. The Labute approximate surface area is 106 Å². The zero-order valence-electron chi connectivity index (χ0n) is 8.87. The lowest BCUT2D eigenvalue weighted by Crippen LogP contribution is -2.30. The van der Waals surface area contributed by atoms with Gasteiger partial charge >= 0.3 is 12.0 Å². The fourth-order valence-electron chi connectivity index (χ4n) is 1.35. The largest absolute Gasteiger partial charge is 0.478 e. The SMILES string of the molecule is O=C(Nc1ccc(Br)c(C(=O)O)c1)NC1CC1. The predicted octanol–water partition coefficient (Wildman–Crippen LogP) is 2.43. The first kappa shape index (κ1) is 11.9. The lowest BCUT2D eigenvalue weighted by Gasteiger charge is -2.08. The number of amides is 2. The van der Waals surface area contributed by atoms with Crippen molar-refractivity contribution in [2.24, 2.45) is 0 Å². The van der Waals surface area contributed by atoms with Crippen LogP contribution in [0.5, 0.6) is 0 Å². The fourth-order valence-corrected chi connectivity index (χ4v) is 1.76. The molecule has 0 aliphatic heterocycles. The van der Waals surface area contributed by atoms with E-state index in [4.69, 9.17) is 5.11 Å². The molecule has 90 valence electrons. The van der Waals surface area contributed by atoms with E-state index < -0.39 is 5.97 Å². The maximum atomic E-state index is 11.4. The number of carboxylic acids is 1. The molecule has 0 saturated heterocycles. The molecule has 17 heavy (non-hydrogen) atoms. The molecular formula is C11H11BrN2O3. The van der Waals surface area contributed by atoms with Gasteiger partial charge in [0, 0.05) is 16.2 Å². The molecule has 0 heterocycles. The van der Waals surface area contributed by atoms with E-state index >= 15 is 0 Å². The molecule has 0 bridgehead atoms. The molecule has 1 aliphatic carbocycles. The van der Waals surface area contributed by atoms with E-state index in [1.54, 1.807) is 12.1 Å². The molecule has 0 unspecified atom stereocenters. The Morgan fingerprint density at radius 2 is 2.06 bits per heavy atom. The summed E-state index contributed by atoms with van der Waals surface area (Å²) in [5, 5.41) is 14.3. The van der Waals surface area contributed by atoms with Crippen molar-refractivity contribution >= 4 is 33.6 Å². The Bertz CT molecular complexity index is 472. The number of aromatic carboxylic acids is 1. The molecule has 3 N–H and O–H groups in total. The van der Waals surface area contributed by atoms with Crippen LogP contribution < -0.4 is 10.6 Å². The Balaban J connectivity index is 2.07. The maximum absolute atomic E-state index is 11.4. The normalized spacial score (nSPS) is 14.2. The highest BCUT2D eigenvalue weighted by atomic mass is 79.9. The van der Waals surface area contributed by atoms with E-state index in [1.165, 1.54) is 6.07 Å². The van der Waals surface area contributed by atoms with Gasteiger partial charge in [-0.05, 0) is 47.0 Å². The average molecular weight is 299 g/mol. The summed E-state index contributed by atoms with van der Waals surface area (Å²) in [5.41, 5.74) is 0.581. The highest BCUT2D eigenvalue weighted by Crippen LogP contribution is 2.22. The van der Waals surface area contributed by atoms with E-state index in [9.17, 15) is 9.59 Å².